The predicted octanol–water partition coefficient (Wildman–Crippen LogP) is 2.47. The van der Waals surface area contributed by atoms with E-state index in [1.54, 1.807) is 0 Å². The number of nitrogens with one attached hydrogen (secondary N) is 1. The zero-order chi connectivity index (χ0) is 20.1. The molecule has 29 heavy (non-hydrogen) atoms. The minimum absolute atomic E-state index is 0.0333. The van der Waals surface area contributed by atoms with E-state index in [9.17, 15) is 9.59 Å². The highest BCUT2D eigenvalue weighted by molar-refractivity contribution is 5.82. The van der Waals surface area contributed by atoms with Gasteiger partial charge in [0.05, 0.1) is 18.0 Å². The quantitative estimate of drug-likeness (QED) is 0.703. The van der Waals surface area contributed by atoms with Crippen LogP contribution in [0.2, 0.25) is 0 Å². The van der Waals surface area contributed by atoms with Crippen LogP contribution in [-0.4, -0.2) is 45.7 Å². The number of rotatable bonds is 6. The molecule has 0 bridgehead atoms. The van der Waals surface area contributed by atoms with Gasteiger partial charge in [-0.05, 0) is 30.5 Å². The first kappa shape index (κ1) is 19.2. The van der Waals surface area contributed by atoms with E-state index in [2.05, 4.69) is 10.3 Å². The van der Waals surface area contributed by atoms with Crippen LogP contribution in [0, 0.1) is 5.92 Å². The predicted molar refractivity (Wildman–Crippen MR) is 111 cm³/mol. The van der Waals surface area contributed by atoms with Crippen LogP contribution in [0.15, 0.2) is 60.9 Å². The minimum Gasteiger partial charge on any atom is -0.355 e. The Kier molecular flexibility index (Phi) is 5.89. The highest BCUT2D eigenvalue weighted by Gasteiger charge is 2.28. The zero-order valence-electron chi connectivity index (χ0n) is 16.5. The second-order valence-electron chi connectivity index (χ2n) is 7.58. The number of hydrogen-bond donors (Lipinski definition) is 1. The largest absolute Gasteiger partial charge is 0.355 e. The summed E-state index contributed by atoms with van der Waals surface area (Å²) in [6.45, 7) is 1.79. The number of hydrogen-bond acceptors (Lipinski definition) is 3. The van der Waals surface area contributed by atoms with Crippen molar-refractivity contribution in [2.45, 2.75) is 25.7 Å². The van der Waals surface area contributed by atoms with Crippen molar-refractivity contribution in [1.82, 2.24) is 19.6 Å². The van der Waals surface area contributed by atoms with Crippen molar-refractivity contribution in [1.29, 1.82) is 0 Å². The van der Waals surface area contributed by atoms with E-state index in [-0.39, 0.29) is 17.7 Å². The lowest BCUT2D eigenvalue weighted by molar-refractivity contribution is -0.135. The van der Waals surface area contributed by atoms with Gasteiger partial charge in [0.15, 0.2) is 0 Å². The van der Waals surface area contributed by atoms with Crippen LogP contribution in [0.1, 0.15) is 24.1 Å². The minimum atomic E-state index is -0.135. The van der Waals surface area contributed by atoms with E-state index in [0.29, 0.717) is 25.9 Å². The number of imidazole rings is 1. The molecule has 1 N–H and O–H groups in total. The van der Waals surface area contributed by atoms with Gasteiger partial charge < -0.3 is 14.6 Å². The summed E-state index contributed by atoms with van der Waals surface area (Å²) in [5, 5.41) is 3.03. The fourth-order valence-electron chi connectivity index (χ4n) is 3.87. The number of benzene rings is 1. The van der Waals surface area contributed by atoms with Crippen LogP contribution in [0.4, 0.5) is 0 Å². The Labute approximate surface area is 170 Å². The molecule has 1 atom stereocenters. The smallest absolute Gasteiger partial charge is 0.227 e. The maximum Gasteiger partial charge on any atom is 0.227 e. The Morgan fingerprint density at radius 2 is 1.93 bits per heavy atom. The molecule has 0 aliphatic carbocycles. The van der Waals surface area contributed by atoms with Crippen LogP contribution in [0.5, 0.6) is 0 Å². The highest BCUT2D eigenvalue weighted by atomic mass is 16.2. The molecule has 1 unspecified atom stereocenters. The molecule has 2 amide bonds. The molecule has 0 spiro atoms. The van der Waals surface area contributed by atoms with E-state index in [1.165, 1.54) is 0 Å². The maximum atomic E-state index is 12.6. The lowest BCUT2D eigenvalue weighted by atomic mass is 9.96. The molecule has 0 radical (unpaired) electrons. The Balaban J connectivity index is 1.26. The molecule has 0 saturated carbocycles. The molecule has 6 nitrogen and oxygen atoms in total. The first-order valence-corrected chi connectivity index (χ1v) is 10.2. The molecule has 2 aromatic heterocycles. The first-order valence-electron chi connectivity index (χ1n) is 10.2. The fraction of sp³-hybridized carbons (Fsp3) is 0.348. The van der Waals surface area contributed by atoms with Crippen molar-refractivity contribution >= 4 is 17.5 Å². The van der Waals surface area contributed by atoms with Gasteiger partial charge in [0.25, 0.3) is 0 Å². The maximum absolute atomic E-state index is 12.6. The Morgan fingerprint density at radius 1 is 1.10 bits per heavy atom. The third kappa shape index (κ3) is 4.83. The van der Waals surface area contributed by atoms with Gasteiger partial charge in [0.1, 0.15) is 5.65 Å². The van der Waals surface area contributed by atoms with Gasteiger partial charge >= 0.3 is 0 Å². The number of likely N-dealkylation sites (tertiary alicyclic amines) is 1. The summed E-state index contributed by atoms with van der Waals surface area (Å²) in [4.78, 5) is 31.6. The summed E-state index contributed by atoms with van der Waals surface area (Å²) < 4.78 is 1.98. The average Bonchev–Trinajstić information content (AvgIpc) is 3.17. The van der Waals surface area contributed by atoms with Crippen LogP contribution >= 0.6 is 0 Å². The van der Waals surface area contributed by atoms with Crippen LogP contribution in [0.3, 0.4) is 0 Å². The summed E-state index contributed by atoms with van der Waals surface area (Å²) >= 11 is 0. The summed E-state index contributed by atoms with van der Waals surface area (Å²) in [6, 6.07) is 15.6. The number of carbonyl (C=O) groups is 2. The number of amides is 2. The molecule has 6 heteroatoms. The SMILES string of the molecule is O=C(NCCc1cn2ccccc2n1)C1CCCN(C(=O)Cc2ccccc2)C1. The molecule has 1 fully saturated rings. The fourth-order valence-corrected chi connectivity index (χ4v) is 3.87. The molecular formula is C23H26N4O2. The summed E-state index contributed by atoms with van der Waals surface area (Å²) in [7, 11) is 0. The van der Waals surface area contributed by atoms with Gasteiger partial charge in [-0.2, -0.15) is 0 Å². The van der Waals surface area contributed by atoms with Gasteiger partial charge in [-0.1, -0.05) is 36.4 Å². The summed E-state index contributed by atoms with van der Waals surface area (Å²) in [6.07, 6.45) is 6.74. The van der Waals surface area contributed by atoms with Crippen LogP contribution in [0.25, 0.3) is 5.65 Å². The van der Waals surface area contributed by atoms with Gasteiger partial charge in [0, 0.05) is 38.4 Å². The third-order valence-corrected chi connectivity index (χ3v) is 5.44. The van der Waals surface area contributed by atoms with Crippen molar-refractivity contribution in [2.75, 3.05) is 19.6 Å². The van der Waals surface area contributed by atoms with Gasteiger partial charge in [0.2, 0.25) is 11.8 Å². The van der Waals surface area contributed by atoms with Crippen molar-refractivity contribution < 1.29 is 9.59 Å². The molecule has 150 valence electrons. The van der Waals surface area contributed by atoms with Crippen molar-refractivity contribution in [3.63, 3.8) is 0 Å². The van der Waals surface area contributed by atoms with Gasteiger partial charge in [-0.25, -0.2) is 4.98 Å². The molecule has 4 rings (SSSR count). The van der Waals surface area contributed by atoms with Crippen molar-refractivity contribution in [3.05, 3.63) is 72.2 Å². The Hall–Kier alpha value is -3.15. The number of nitrogens with zero attached hydrogens (tertiary/aromatic N) is 3. The summed E-state index contributed by atoms with van der Waals surface area (Å²) in [5.41, 5.74) is 2.88. The normalized spacial score (nSPS) is 16.7. The molecule has 3 heterocycles. The van der Waals surface area contributed by atoms with E-state index >= 15 is 0 Å². The standard InChI is InChI=1S/C23H26N4O2/c28-22(15-18-7-2-1-3-8-18)27-14-6-9-19(16-27)23(29)24-12-11-20-17-26-13-5-4-10-21(26)25-20/h1-5,7-8,10,13,17,19H,6,9,11-12,14-16H2,(H,24,29). The van der Waals surface area contributed by atoms with Crippen molar-refractivity contribution in [2.24, 2.45) is 5.92 Å². The van der Waals surface area contributed by atoms with Gasteiger partial charge in [-0.15, -0.1) is 0 Å². The molecular weight excluding hydrogens is 364 g/mol. The average molecular weight is 390 g/mol. The monoisotopic (exact) mass is 390 g/mol. The molecule has 1 aliphatic heterocycles. The summed E-state index contributed by atoms with van der Waals surface area (Å²) in [5.74, 6) is -0.00563. The Bertz CT molecular complexity index is 950. The molecule has 1 aliphatic rings. The third-order valence-electron chi connectivity index (χ3n) is 5.44. The highest BCUT2D eigenvalue weighted by Crippen LogP contribution is 2.18. The number of carbonyl (C=O) groups excluding carboxylic acids is 2. The Morgan fingerprint density at radius 3 is 2.76 bits per heavy atom. The van der Waals surface area contributed by atoms with E-state index in [0.717, 1.165) is 36.3 Å². The van der Waals surface area contributed by atoms with E-state index in [4.69, 9.17) is 0 Å². The number of piperidine rings is 1. The van der Waals surface area contributed by atoms with E-state index < -0.39 is 0 Å². The first-order chi connectivity index (χ1) is 14.2. The van der Waals surface area contributed by atoms with Crippen molar-refractivity contribution in [3.8, 4) is 0 Å². The van der Waals surface area contributed by atoms with Crippen LogP contribution in [-0.2, 0) is 22.4 Å². The molecule has 1 saturated heterocycles. The lowest BCUT2D eigenvalue weighted by Crippen LogP contribution is -2.46. The zero-order valence-corrected chi connectivity index (χ0v) is 16.5. The molecule has 3 aromatic rings. The lowest BCUT2D eigenvalue weighted by Gasteiger charge is -2.32. The number of pyridine rings is 1. The topological polar surface area (TPSA) is 66.7 Å². The number of aromatic nitrogens is 2. The van der Waals surface area contributed by atoms with E-state index in [1.807, 2.05) is 70.2 Å². The molecule has 1 aromatic carbocycles. The van der Waals surface area contributed by atoms with Crippen LogP contribution < -0.4 is 5.32 Å². The second-order valence-corrected chi connectivity index (χ2v) is 7.58. The van der Waals surface area contributed by atoms with Gasteiger partial charge in [-0.3, -0.25) is 9.59 Å². The number of fused-ring (bicyclic) bond motifs is 1. The second kappa shape index (κ2) is 8.90.